The summed E-state index contributed by atoms with van der Waals surface area (Å²) in [6.07, 6.45) is 3.71. The van der Waals surface area contributed by atoms with Crippen LogP contribution in [-0.2, 0) is 4.79 Å². The maximum absolute atomic E-state index is 12.6. The summed E-state index contributed by atoms with van der Waals surface area (Å²) in [6, 6.07) is 7.64. The van der Waals surface area contributed by atoms with Gasteiger partial charge < -0.3 is 14.4 Å². The third-order valence-electron chi connectivity index (χ3n) is 4.57. The first-order valence-electron chi connectivity index (χ1n) is 8.67. The SMILES string of the molecule is COc1ccccc1OCC1SCCN1C(=O)CN1CCCCC1. The van der Waals surface area contributed by atoms with Crippen LogP contribution in [0.2, 0.25) is 0 Å². The van der Waals surface area contributed by atoms with E-state index >= 15 is 0 Å². The number of piperidine rings is 1. The molecule has 1 atom stereocenters. The molecule has 1 aromatic rings. The molecule has 2 saturated heterocycles. The van der Waals surface area contributed by atoms with Crippen molar-refractivity contribution in [2.24, 2.45) is 0 Å². The second kappa shape index (κ2) is 8.62. The second-order valence-electron chi connectivity index (χ2n) is 6.21. The molecule has 0 aromatic heterocycles. The maximum Gasteiger partial charge on any atom is 0.237 e. The highest BCUT2D eigenvalue weighted by Crippen LogP contribution is 2.29. The number of amides is 1. The third kappa shape index (κ3) is 4.36. The molecule has 1 unspecified atom stereocenters. The summed E-state index contributed by atoms with van der Waals surface area (Å²) in [5.74, 6) is 2.67. The molecule has 2 aliphatic heterocycles. The van der Waals surface area contributed by atoms with Crippen molar-refractivity contribution in [3.8, 4) is 11.5 Å². The highest BCUT2D eigenvalue weighted by molar-refractivity contribution is 8.00. The molecule has 0 saturated carbocycles. The minimum Gasteiger partial charge on any atom is -0.493 e. The molecule has 0 aliphatic carbocycles. The molecule has 1 amide bonds. The number of methoxy groups -OCH3 is 1. The van der Waals surface area contributed by atoms with Crippen LogP contribution in [0.1, 0.15) is 19.3 Å². The minimum absolute atomic E-state index is 0.0900. The Kier molecular flexibility index (Phi) is 6.26. The van der Waals surface area contributed by atoms with Crippen molar-refractivity contribution in [1.29, 1.82) is 0 Å². The van der Waals surface area contributed by atoms with Gasteiger partial charge in [-0.1, -0.05) is 18.6 Å². The molecular formula is C18H26N2O3S. The Hall–Kier alpha value is -1.40. The van der Waals surface area contributed by atoms with Crippen LogP contribution < -0.4 is 9.47 Å². The van der Waals surface area contributed by atoms with Gasteiger partial charge in [0.05, 0.1) is 13.7 Å². The Balaban J connectivity index is 1.53. The Morgan fingerprint density at radius 3 is 2.67 bits per heavy atom. The van der Waals surface area contributed by atoms with Gasteiger partial charge in [0.2, 0.25) is 5.91 Å². The molecule has 0 N–H and O–H groups in total. The summed E-state index contributed by atoms with van der Waals surface area (Å²) in [5.41, 5.74) is 0. The minimum atomic E-state index is 0.0900. The van der Waals surface area contributed by atoms with E-state index in [0.717, 1.165) is 36.9 Å². The number of likely N-dealkylation sites (tertiary alicyclic amines) is 1. The first kappa shape index (κ1) is 17.4. The van der Waals surface area contributed by atoms with E-state index in [1.54, 1.807) is 18.9 Å². The number of benzene rings is 1. The molecule has 0 bridgehead atoms. The lowest BCUT2D eigenvalue weighted by Crippen LogP contribution is -2.45. The van der Waals surface area contributed by atoms with E-state index in [-0.39, 0.29) is 11.3 Å². The van der Waals surface area contributed by atoms with Crippen LogP contribution >= 0.6 is 11.8 Å². The van der Waals surface area contributed by atoms with Crippen LogP contribution in [0.15, 0.2) is 24.3 Å². The van der Waals surface area contributed by atoms with E-state index in [2.05, 4.69) is 4.90 Å². The van der Waals surface area contributed by atoms with E-state index in [1.165, 1.54) is 19.3 Å². The van der Waals surface area contributed by atoms with Gasteiger partial charge >= 0.3 is 0 Å². The van der Waals surface area contributed by atoms with Crippen LogP contribution in [0.5, 0.6) is 11.5 Å². The zero-order valence-corrected chi connectivity index (χ0v) is 15.1. The molecular weight excluding hydrogens is 324 g/mol. The largest absolute Gasteiger partial charge is 0.493 e. The van der Waals surface area contributed by atoms with Gasteiger partial charge in [0.15, 0.2) is 11.5 Å². The number of carbonyl (C=O) groups excluding carboxylic acids is 1. The van der Waals surface area contributed by atoms with Crippen molar-refractivity contribution in [3.05, 3.63) is 24.3 Å². The first-order chi connectivity index (χ1) is 11.8. The summed E-state index contributed by atoms with van der Waals surface area (Å²) in [5, 5.41) is 0.0900. The van der Waals surface area contributed by atoms with E-state index in [1.807, 2.05) is 29.2 Å². The summed E-state index contributed by atoms with van der Waals surface area (Å²) < 4.78 is 11.2. The molecule has 2 fully saturated rings. The Morgan fingerprint density at radius 1 is 1.17 bits per heavy atom. The topological polar surface area (TPSA) is 42.0 Å². The number of nitrogens with zero attached hydrogens (tertiary/aromatic N) is 2. The van der Waals surface area contributed by atoms with Gasteiger partial charge in [0.25, 0.3) is 0 Å². The van der Waals surface area contributed by atoms with Crippen LogP contribution in [-0.4, -0.2) is 66.7 Å². The predicted molar refractivity (Wildman–Crippen MR) is 96.7 cm³/mol. The van der Waals surface area contributed by atoms with Crippen molar-refractivity contribution in [2.75, 3.05) is 45.6 Å². The number of hydrogen-bond donors (Lipinski definition) is 0. The lowest BCUT2D eigenvalue weighted by molar-refractivity contribution is -0.133. The van der Waals surface area contributed by atoms with Gasteiger partial charge in [-0.2, -0.15) is 0 Å². The number of hydrogen-bond acceptors (Lipinski definition) is 5. The summed E-state index contributed by atoms with van der Waals surface area (Å²) >= 11 is 1.79. The van der Waals surface area contributed by atoms with Crippen LogP contribution in [0.3, 0.4) is 0 Å². The molecule has 1 aromatic carbocycles. The van der Waals surface area contributed by atoms with Crippen LogP contribution in [0, 0.1) is 0 Å². The van der Waals surface area contributed by atoms with Gasteiger partial charge in [-0.15, -0.1) is 11.8 Å². The van der Waals surface area contributed by atoms with Gasteiger partial charge in [0, 0.05) is 12.3 Å². The van der Waals surface area contributed by atoms with Crippen LogP contribution in [0.4, 0.5) is 0 Å². The summed E-state index contributed by atoms with van der Waals surface area (Å²) in [7, 11) is 1.64. The number of ether oxygens (including phenoxy) is 2. The van der Waals surface area contributed by atoms with Crippen molar-refractivity contribution in [2.45, 2.75) is 24.6 Å². The molecule has 2 aliphatic rings. The maximum atomic E-state index is 12.6. The van der Waals surface area contributed by atoms with E-state index < -0.39 is 0 Å². The van der Waals surface area contributed by atoms with Gasteiger partial charge in [-0.05, 0) is 38.1 Å². The molecule has 3 rings (SSSR count). The Morgan fingerprint density at radius 2 is 1.92 bits per heavy atom. The molecule has 6 heteroatoms. The summed E-state index contributed by atoms with van der Waals surface area (Å²) in [6.45, 7) is 3.96. The number of carbonyl (C=O) groups is 1. The fraction of sp³-hybridized carbons (Fsp3) is 0.611. The lowest BCUT2D eigenvalue weighted by atomic mass is 10.1. The van der Waals surface area contributed by atoms with Crippen molar-refractivity contribution in [1.82, 2.24) is 9.80 Å². The van der Waals surface area contributed by atoms with Crippen molar-refractivity contribution < 1.29 is 14.3 Å². The second-order valence-corrected chi connectivity index (χ2v) is 7.50. The van der Waals surface area contributed by atoms with Crippen LogP contribution in [0.25, 0.3) is 0 Å². The van der Waals surface area contributed by atoms with E-state index in [4.69, 9.17) is 9.47 Å². The first-order valence-corrected chi connectivity index (χ1v) is 9.72. The van der Waals surface area contributed by atoms with E-state index in [9.17, 15) is 4.79 Å². The normalized spacial score (nSPS) is 21.7. The number of para-hydroxylation sites is 2. The standard InChI is InChI=1S/C18H26N2O3S/c1-22-15-7-3-4-8-16(15)23-14-18-20(11-12-24-18)17(21)13-19-9-5-2-6-10-19/h3-4,7-8,18H,2,5-6,9-14H2,1H3. The molecule has 0 spiro atoms. The highest BCUT2D eigenvalue weighted by Gasteiger charge is 2.31. The predicted octanol–water partition coefficient (Wildman–Crippen LogP) is 2.46. The summed E-state index contributed by atoms with van der Waals surface area (Å²) in [4.78, 5) is 16.9. The Bertz CT molecular complexity index is 549. The van der Waals surface area contributed by atoms with Gasteiger partial charge in [-0.3, -0.25) is 9.69 Å². The quantitative estimate of drug-likeness (QED) is 0.788. The highest BCUT2D eigenvalue weighted by atomic mass is 32.2. The Labute approximate surface area is 148 Å². The molecule has 24 heavy (non-hydrogen) atoms. The van der Waals surface area contributed by atoms with E-state index in [0.29, 0.717) is 13.2 Å². The zero-order valence-electron chi connectivity index (χ0n) is 14.3. The number of thioether (sulfide) groups is 1. The fourth-order valence-corrected chi connectivity index (χ4v) is 4.38. The molecule has 0 radical (unpaired) electrons. The smallest absolute Gasteiger partial charge is 0.237 e. The van der Waals surface area contributed by atoms with Crippen molar-refractivity contribution in [3.63, 3.8) is 0 Å². The lowest BCUT2D eigenvalue weighted by Gasteiger charge is -2.30. The average Bonchev–Trinajstić information content (AvgIpc) is 3.10. The molecule has 2 heterocycles. The van der Waals surface area contributed by atoms with Crippen molar-refractivity contribution >= 4 is 17.7 Å². The average molecular weight is 350 g/mol. The van der Waals surface area contributed by atoms with Gasteiger partial charge in [0.1, 0.15) is 12.0 Å². The fourth-order valence-electron chi connectivity index (χ4n) is 3.24. The third-order valence-corrected chi connectivity index (χ3v) is 5.76. The molecule has 132 valence electrons. The van der Waals surface area contributed by atoms with Gasteiger partial charge in [-0.25, -0.2) is 0 Å². The zero-order chi connectivity index (χ0) is 16.8. The monoisotopic (exact) mass is 350 g/mol. The molecule has 5 nitrogen and oxygen atoms in total. The number of rotatable bonds is 6.